The van der Waals surface area contributed by atoms with Crippen LogP contribution in [0.25, 0.3) is 0 Å². The highest BCUT2D eigenvalue weighted by atomic mass is 35.5. The van der Waals surface area contributed by atoms with Crippen molar-refractivity contribution < 1.29 is 27.5 Å². The number of amides is 2. The lowest BCUT2D eigenvalue weighted by molar-refractivity contribution is -0.141. The van der Waals surface area contributed by atoms with Crippen molar-refractivity contribution in [2.75, 3.05) is 23.9 Å². The van der Waals surface area contributed by atoms with E-state index in [0.29, 0.717) is 33.5 Å². The maximum atomic E-state index is 13.8. The van der Waals surface area contributed by atoms with Crippen molar-refractivity contribution >= 4 is 50.7 Å². The van der Waals surface area contributed by atoms with E-state index in [1.807, 2.05) is 20.8 Å². The standard InChI is InChI=1S/C25H31Cl2N3O6S/c1-6-20(24(32)28-25(2,3)4)29(13-16-7-9-18(26)19(27)11-16)23(31)14-30(37(5,33)34)17-8-10-21-22(12-17)36-15-35-21/h7-12,20H,6,13-15H2,1-5H3,(H,28,32). The molecule has 1 atom stereocenters. The zero-order valence-electron chi connectivity index (χ0n) is 21.4. The van der Waals surface area contributed by atoms with Crippen LogP contribution in [0, 0.1) is 0 Å². The van der Waals surface area contributed by atoms with Crippen LogP contribution < -0.4 is 19.1 Å². The average Bonchev–Trinajstić information content (AvgIpc) is 3.25. The Morgan fingerprint density at radius 1 is 1.05 bits per heavy atom. The zero-order valence-corrected chi connectivity index (χ0v) is 23.7. The Kier molecular flexibility index (Phi) is 8.87. The molecule has 0 fully saturated rings. The molecule has 12 heteroatoms. The predicted molar refractivity (Wildman–Crippen MR) is 144 cm³/mol. The van der Waals surface area contributed by atoms with Crippen LogP contribution in [0.2, 0.25) is 10.0 Å². The third-order valence-electron chi connectivity index (χ3n) is 5.54. The van der Waals surface area contributed by atoms with Crippen LogP contribution in [0.4, 0.5) is 5.69 Å². The largest absolute Gasteiger partial charge is 0.454 e. The lowest BCUT2D eigenvalue weighted by Gasteiger charge is -2.34. The second kappa shape index (κ2) is 11.4. The molecule has 0 radical (unpaired) electrons. The van der Waals surface area contributed by atoms with E-state index in [-0.39, 0.29) is 24.9 Å². The number of rotatable bonds is 9. The summed E-state index contributed by atoms with van der Waals surface area (Å²) in [5.41, 5.74) is 0.342. The summed E-state index contributed by atoms with van der Waals surface area (Å²) < 4.78 is 37.2. The lowest BCUT2D eigenvalue weighted by atomic mass is 10.1. The van der Waals surface area contributed by atoms with Crippen LogP contribution in [-0.2, 0) is 26.2 Å². The molecule has 202 valence electrons. The molecule has 37 heavy (non-hydrogen) atoms. The molecule has 1 aliphatic heterocycles. The Morgan fingerprint density at radius 3 is 2.32 bits per heavy atom. The summed E-state index contributed by atoms with van der Waals surface area (Å²) in [6.07, 6.45) is 1.32. The highest BCUT2D eigenvalue weighted by Gasteiger charge is 2.33. The van der Waals surface area contributed by atoms with Gasteiger partial charge in [0.25, 0.3) is 0 Å². The van der Waals surface area contributed by atoms with Crippen LogP contribution in [0.3, 0.4) is 0 Å². The van der Waals surface area contributed by atoms with Gasteiger partial charge in [-0.25, -0.2) is 8.42 Å². The predicted octanol–water partition coefficient (Wildman–Crippen LogP) is 4.21. The molecule has 0 saturated carbocycles. The number of ether oxygens (including phenoxy) is 2. The molecule has 2 amide bonds. The first kappa shape index (κ1) is 28.9. The van der Waals surface area contributed by atoms with Crippen molar-refractivity contribution in [3.63, 3.8) is 0 Å². The second-order valence-electron chi connectivity index (χ2n) is 9.74. The van der Waals surface area contributed by atoms with Gasteiger partial charge in [0, 0.05) is 18.2 Å². The summed E-state index contributed by atoms with van der Waals surface area (Å²) in [5.74, 6) is -0.0561. The van der Waals surface area contributed by atoms with E-state index >= 15 is 0 Å². The first-order chi connectivity index (χ1) is 17.2. The zero-order chi connectivity index (χ0) is 27.5. The smallest absolute Gasteiger partial charge is 0.244 e. The topological polar surface area (TPSA) is 105 Å². The first-order valence-electron chi connectivity index (χ1n) is 11.6. The van der Waals surface area contributed by atoms with Crippen molar-refractivity contribution in [1.82, 2.24) is 10.2 Å². The van der Waals surface area contributed by atoms with Gasteiger partial charge in [-0.2, -0.15) is 0 Å². The number of nitrogens with zero attached hydrogens (tertiary/aromatic N) is 2. The van der Waals surface area contributed by atoms with Gasteiger partial charge >= 0.3 is 0 Å². The van der Waals surface area contributed by atoms with Gasteiger partial charge in [0.2, 0.25) is 28.6 Å². The molecule has 0 saturated heterocycles. The van der Waals surface area contributed by atoms with Crippen LogP contribution in [0.5, 0.6) is 11.5 Å². The minimum Gasteiger partial charge on any atom is -0.454 e. The summed E-state index contributed by atoms with van der Waals surface area (Å²) in [7, 11) is -3.88. The van der Waals surface area contributed by atoms with Gasteiger partial charge < -0.3 is 19.7 Å². The quantitative estimate of drug-likeness (QED) is 0.483. The Hall–Kier alpha value is -2.69. The molecule has 2 aromatic rings. The van der Waals surface area contributed by atoms with E-state index < -0.39 is 34.1 Å². The fourth-order valence-electron chi connectivity index (χ4n) is 3.86. The summed E-state index contributed by atoms with van der Waals surface area (Å²) in [5, 5.41) is 3.57. The minimum atomic E-state index is -3.88. The molecule has 0 aliphatic carbocycles. The monoisotopic (exact) mass is 571 g/mol. The van der Waals surface area contributed by atoms with Gasteiger partial charge in [0.1, 0.15) is 12.6 Å². The van der Waals surface area contributed by atoms with E-state index in [4.69, 9.17) is 32.7 Å². The normalized spacial score (nSPS) is 13.7. The Bertz CT molecular complexity index is 1280. The fourth-order valence-corrected chi connectivity index (χ4v) is 5.02. The molecule has 1 N–H and O–H groups in total. The lowest BCUT2D eigenvalue weighted by Crippen LogP contribution is -2.55. The van der Waals surface area contributed by atoms with Gasteiger partial charge in [-0.1, -0.05) is 36.2 Å². The van der Waals surface area contributed by atoms with Gasteiger partial charge in [-0.05, 0) is 57.0 Å². The fraction of sp³-hybridized carbons (Fsp3) is 0.440. The highest BCUT2D eigenvalue weighted by molar-refractivity contribution is 7.92. The van der Waals surface area contributed by atoms with Crippen molar-refractivity contribution in [1.29, 1.82) is 0 Å². The number of benzene rings is 2. The maximum Gasteiger partial charge on any atom is 0.244 e. The highest BCUT2D eigenvalue weighted by Crippen LogP contribution is 2.36. The summed E-state index contributed by atoms with van der Waals surface area (Å²) in [6, 6.07) is 8.68. The van der Waals surface area contributed by atoms with Crippen LogP contribution in [0.15, 0.2) is 36.4 Å². The van der Waals surface area contributed by atoms with Crippen molar-refractivity contribution in [2.45, 2.75) is 52.2 Å². The number of carbonyl (C=O) groups is 2. The molecular formula is C25H31Cl2N3O6S. The maximum absolute atomic E-state index is 13.8. The number of sulfonamides is 1. The molecule has 0 spiro atoms. The van der Waals surface area contributed by atoms with Crippen molar-refractivity contribution in [3.8, 4) is 11.5 Å². The molecule has 0 bridgehead atoms. The number of anilines is 1. The van der Waals surface area contributed by atoms with E-state index in [0.717, 1.165) is 10.6 Å². The Labute approximate surface area is 227 Å². The van der Waals surface area contributed by atoms with E-state index in [2.05, 4.69) is 5.32 Å². The Morgan fingerprint density at radius 2 is 1.73 bits per heavy atom. The molecule has 9 nitrogen and oxygen atoms in total. The van der Waals surface area contributed by atoms with E-state index in [1.54, 1.807) is 31.2 Å². The number of hydrogen-bond acceptors (Lipinski definition) is 6. The van der Waals surface area contributed by atoms with Gasteiger partial charge in [-0.15, -0.1) is 0 Å². The number of fused-ring (bicyclic) bond motifs is 1. The molecule has 0 aromatic heterocycles. The molecule has 1 aliphatic rings. The van der Waals surface area contributed by atoms with E-state index in [1.165, 1.54) is 17.0 Å². The number of carbonyl (C=O) groups excluding carboxylic acids is 2. The average molecular weight is 573 g/mol. The second-order valence-corrected chi connectivity index (χ2v) is 12.5. The summed E-state index contributed by atoms with van der Waals surface area (Å²) in [4.78, 5) is 28.3. The molecule has 3 rings (SSSR count). The van der Waals surface area contributed by atoms with Gasteiger partial charge in [0.05, 0.1) is 22.0 Å². The van der Waals surface area contributed by atoms with E-state index in [9.17, 15) is 18.0 Å². The molecule has 1 heterocycles. The van der Waals surface area contributed by atoms with Crippen molar-refractivity contribution in [2.24, 2.45) is 0 Å². The Balaban J connectivity index is 1.98. The van der Waals surface area contributed by atoms with Gasteiger partial charge in [0.15, 0.2) is 11.5 Å². The van der Waals surface area contributed by atoms with Crippen LogP contribution >= 0.6 is 23.2 Å². The summed E-state index contributed by atoms with van der Waals surface area (Å²) >= 11 is 12.2. The number of halogens is 2. The SMILES string of the molecule is CCC(C(=O)NC(C)(C)C)N(Cc1ccc(Cl)c(Cl)c1)C(=O)CN(c1ccc2c(c1)OCO2)S(C)(=O)=O. The molecule has 2 aromatic carbocycles. The number of hydrogen-bond donors (Lipinski definition) is 1. The third-order valence-corrected chi connectivity index (χ3v) is 7.42. The van der Waals surface area contributed by atoms with Gasteiger partial charge in [-0.3, -0.25) is 13.9 Å². The number of nitrogens with one attached hydrogen (secondary N) is 1. The van der Waals surface area contributed by atoms with Crippen LogP contribution in [-0.4, -0.2) is 56.3 Å². The van der Waals surface area contributed by atoms with Crippen LogP contribution in [0.1, 0.15) is 39.7 Å². The third kappa shape index (κ3) is 7.43. The minimum absolute atomic E-state index is 0.0184. The summed E-state index contributed by atoms with van der Waals surface area (Å²) in [6.45, 7) is 6.82. The first-order valence-corrected chi connectivity index (χ1v) is 14.2. The molecular weight excluding hydrogens is 541 g/mol. The molecule has 1 unspecified atom stereocenters. The van der Waals surface area contributed by atoms with Crippen molar-refractivity contribution in [3.05, 3.63) is 52.0 Å².